The van der Waals surface area contributed by atoms with E-state index < -0.39 is 0 Å². The van der Waals surface area contributed by atoms with E-state index in [1.807, 2.05) is 0 Å². The van der Waals surface area contributed by atoms with E-state index in [0.29, 0.717) is 6.04 Å². The Morgan fingerprint density at radius 1 is 0.594 bits per heavy atom. The maximum Gasteiger partial charge on any atom is 0.256 e. The van der Waals surface area contributed by atoms with Crippen LogP contribution >= 0.6 is 0 Å². The first kappa shape index (κ1) is 29.2. The van der Waals surface area contributed by atoms with Gasteiger partial charge in [0.1, 0.15) is 12.4 Å². The fraction of sp³-hybridized carbons (Fsp3) is 0.900. The van der Waals surface area contributed by atoms with Crippen LogP contribution in [0.4, 0.5) is 0 Å². The van der Waals surface area contributed by atoms with Gasteiger partial charge < -0.3 is 0 Å². The summed E-state index contributed by atoms with van der Waals surface area (Å²) in [5.41, 5.74) is 0. The van der Waals surface area contributed by atoms with Crippen molar-refractivity contribution in [3.05, 3.63) is 18.2 Å². The number of hydrogen-bond donors (Lipinski definition) is 0. The lowest BCUT2D eigenvalue weighted by molar-refractivity contribution is -0.704. The van der Waals surface area contributed by atoms with E-state index in [-0.39, 0.29) is 0 Å². The van der Waals surface area contributed by atoms with Crippen molar-refractivity contribution in [2.75, 3.05) is 0 Å². The SMILES string of the molecule is CCCCCCCCCCCCCc1n(C(C)C)cc[n+]1CCCCCCCCCCC. The number of nitrogens with zero attached hydrogens (tertiary/aromatic N) is 2. The molecule has 1 aromatic rings. The Labute approximate surface area is 202 Å². The fourth-order valence-corrected chi connectivity index (χ4v) is 4.96. The lowest BCUT2D eigenvalue weighted by Crippen LogP contribution is -2.37. The van der Waals surface area contributed by atoms with Crippen molar-refractivity contribution < 1.29 is 4.57 Å². The normalized spacial score (nSPS) is 11.7. The lowest BCUT2D eigenvalue weighted by Gasteiger charge is -2.08. The van der Waals surface area contributed by atoms with Gasteiger partial charge in [0.15, 0.2) is 0 Å². The molecule has 2 heteroatoms. The maximum atomic E-state index is 2.57. The highest BCUT2D eigenvalue weighted by atomic mass is 15.2. The Bertz CT molecular complexity index is 517. The summed E-state index contributed by atoms with van der Waals surface area (Å²) in [6.45, 7) is 10.5. The first-order valence-electron chi connectivity index (χ1n) is 14.8. The van der Waals surface area contributed by atoms with E-state index in [1.165, 1.54) is 141 Å². The Hall–Kier alpha value is -0.790. The maximum absolute atomic E-state index is 2.57. The third-order valence-corrected chi connectivity index (χ3v) is 7.10. The van der Waals surface area contributed by atoms with Crippen LogP contribution in [0.3, 0.4) is 0 Å². The Kier molecular flexibility index (Phi) is 19.0. The molecule has 0 saturated carbocycles. The third-order valence-electron chi connectivity index (χ3n) is 7.10. The van der Waals surface area contributed by atoms with Gasteiger partial charge >= 0.3 is 0 Å². The summed E-state index contributed by atoms with van der Waals surface area (Å²) in [6.07, 6.45) is 34.3. The highest BCUT2D eigenvalue weighted by Crippen LogP contribution is 2.15. The van der Waals surface area contributed by atoms with E-state index in [9.17, 15) is 0 Å². The molecular weight excluding hydrogens is 388 g/mol. The highest BCUT2D eigenvalue weighted by Gasteiger charge is 2.18. The smallest absolute Gasteiger partial charge is 0.234 e. The number of hydrogen-bond acceptors (Lipinski definition) is 0. The number of rotatable bonds is 23. The van der Waals surface area contributed by atoms with Crippen LogP contribution in [0.5, 0.6) is 0 Å². The predicted molar refractivity (Wildman–Crippen MR) is 142 cm³/mol. The summed E-state index contributed by atoms with van der Waals surface area (Å²) in [5, 5.41) is 0. The van der Waals surface area contributed by atoms with Gasteiger partial charge in [-0.05, 0) is 33.1 Å². The third kappa shape index (κ3) is 14.4. The van der Waals surface area contributed by atoms with Crippen LogP contribution in [-0.2, 0) is 13.0 Å². The molecule has 188 valence electrons. The molecule has 0 aliphatic rings. The summed E-state index contributed by atoms with van der Waals surface area (Å²) in [5.74, 6) is 1.57. The molecular formula is C30H59N2+. The standard InChI is InChI=1S/C30H59N2/c1-5-7-9-11-13-15-16-17-19-21-23-25-30-31(27-28-32(30)29(3)4)26-24-22-20-18-14-12-10-8-6-2/h27-29H,5-26H2,1-4H3/q+1. The molecule has 2 nitrogen and oxygen atoms in total. The van der Waals surface area contributed by atoms with Gasteiger partial charge in [-0.25, -0.2) is 9.13 Å². The van der Waals surface area contributed by atoms with Crippen LogP contribution in [0.15, 0.2) is 12.4 Å². The van der Waals surface area contributed by atoms with Crippen LogP contribution in [0.25, 0.3) is 0 Å². The molecule has 0 spiro atoms. The first-order valence-corrected chi connectivity index (χ1v) is 14.8. The van der Waals surface area contributed by atoms with Gasteiger partial charge in [0.25, 0.3) is 5.82 Å². The number of imidazole rings is 1. The Balaban J connectivity index is 2.18. The van der Waals surface area contributed by atoms with Gasteiger partial charge in [-0.3, -0.25) is 0 Å². The van der Waals surface area contributed by atoms with Gasteiger partial charge in [0.2, 0.25) is 0 Å². The van der Waals surface area contributed by atoms with Gasteiger partial charge in [-0.2, -0.15) is 0 Å². The number of unbranched alkanes of at least 4 members (excludes halogenated alkanes) is 18. The van der Waals surface area contributed by atoms with Crippen LogP contribution < -0.4 is 4.57 Å². The zero-order valence-corrected chi connectivity index (χ0v) is 22.7. The molecule has 0 unspecified atom stereocenters. The summed E-state index contributed by atoms with van der Waals surface area (Å²) in [4.78, 5) is 0. The molecule has 0 fully saturated rings. The Morgan fingerprint density at radius 3 is 1.44 bits per heavy atom. The van der Waals surface area contributed by atoms with E-state index >= 15 is 0 Å². The molecule has 0 radical (unpaired) electrons. The molecule has 0 aliphatic carbocycles. The molecule has 1 aromatic heterocycles. The highest BCUT2D eigenvalue weighted by molar-refractivity contribution is 4.86. The van der Waals surface area contributed by atoms with Crippen LogP contribution in [0, 0.1) is 0 Å². The summed E-state index contributed by atoms with van der Waals surface area (Å²) >= 11 is 0. The minimum Gasteiger partial charge on any atom is -0.234 e. The second-order valence-corrected chi connectivity index (χ2v) is 10.5. The molecule has 1 heterocycles. The van der Waals surface area contributed by atoms with Crippen molar-refractivity contribution in [3.63, 3.8) is 0 Å². The fourth-order valence-electron chi connectivity index (χ4n) is 4.96. The molecule has 0 saturated heterocycles. The molecule has 32 heavy (non-hydrogen) atoms. The summed E-state index contributed by atoms with van der Waals surface area (Å²) < 4.78 is 5.08. The van der Waals surface area contributed by atoms with E-state index in [0.717, 1.165) is 0 Å². The predicted octanol–water partition coefficient (Wildman–Crippen LogP) is 9.74. The van der Waals surface area contributed by atoms with Crippen molar-refractivity contribution in [2.45, 2.75) is 175 Å². The van der Waals surface area contributed by atoms with Crippen molar-refractivity contribution in [1.82, 2.24) is 4.57 Å². The van der Waals surface area contributed by atoms with Crippen molar-refractivity contribution in [3.8, 4) is 0 Å². The van der Waals surface area contributed by atoms with E-state index in [1.54, 1.807) is 5.82 Å². The summed E-state index contributed by atoms with van der Waals surface area (Å²) in [7, 11) is 0. The molecule has 1 rings (SSSR count). The van der Waals surface area contributed by atoms with Crippen molar-refractivity contribution in [1.29, 1.82) is 0 Å². The largest absolute Gasteiger partial charge is 0.256 e. The van der Waals surface area contributed by atoms with Crippen LogP contribution in [-0.4, -0.2) is 4.57 Å². The zero-order chi connectivity index (χ0) is 23.3. The van der Waals surface area contributed by atoms with Crippen LogP contribution in [0.1, 0.15) is 168 Å². The van der Waals surface area contributed by atoms with Crippen molar-refractivity contribution >= 4 is 0 Å². The minimum absolute atomic E-state index is 0.571. The molecule has 0 aromatic carbocycles. The van der Waals surface area contributed by atoms with Gasteiger partial charge in [0.05, 0.1) is 12.6 Å². The molecule has 0 atom stereocenters. The van der Waals surface area contributed by atoms with Gasteiger partial charge in [0, 0.05) is 6.42 Å². The second kappa shape index (κ2) is 20.8. The monoisotopic (exact) mass is 447 g/mol. The van der Waals surface area contributed by atoms with E-state index in [2.05, 4.69) is 49.2 Å². The number of aromatic nitrogens is 2. The average Bonchev–Trinajstić information content (AvgIpc) is 3.19. The lowest BCUT2D eigenvalue weighted by atomic mass is 10.1. The molecule has 0 amide bonds. The quantitative estimate of drug-likeness (QED) is 0.117. The topological polar surface area (TPSA) is 8.81 Å². The van der Waals surface area contributed by atoms with Gasteiger partial charge in [-0.1, -0.05) is 123 Å². The van der Waals surface area contributed by atoms with E-state index in [4.69, 9.17) is 0 Å². The van der Waals surface area contributed by atoms with Crippen LogP contribution in [0.2, 0.25) is 0 Å². The van der Waals surface area contributed by atoms with Crippen molar-refractivity contribution in [2.24, 2.45) is 0 Å². The molecule has 0 N–H and O–H groups in total. The Morgan fingerprint density at radius 2 is 1.00 bits per heavy atom. The summed E-state index contributed by atoms with van der Waals surface area (Å²) in [6, 6.07) is 0.571. The minimum atomic E-state index is 0.571. The number of aryl methyl sites for hydroxylation is 1. The zero-order valence-electron chi connectivity index (χ0n) is 22.7. The molecule has 0 aliphatic heterocycles. The first-order chi connectivity index (χ1) is 15.7. The van der Waals surface area contributed by atoms with Gasteiger partial charge in [-0.15, -0.1) is 0 Å². The average molecular weight is 448 g/mol. The molecule has 0 bridgehead atoms. The second-order valence-electron chi connectivity index (χ2n) is 10.5.